The van der Waals surface area contributed by atoms with E-state index in [4.69, 9.17) is 14.8 Å². The predicted molar refractivity (Wildman–Crippen MR) is 99.0 cm³/mol. The number of hydrogen-bond donors (Lipinski definition) is 0. The van der Waals surface area contributed by atoms with E-state index in [1.54, 1.807) is 6.20 Å². The lowest BCUT2D eigenvalue weighted by molar-refractivity contribution is 0.0835. The number of nitrogens with zero attached hydrogens (tertiary/aromatic N) is 5. The molecule has 136 valence electrons. The van der Waals surface area contributed by atoms with Crippen LogP contribution in [0.2, 0.25) is 0 Å². The van der Waals surface area contributed by atoms with Gasteiger partial charge in [-0.15, -0.1) is 0 Å². The first-order chi connectivity index (χ1) is 12.8. The predicted octanol–water partition coefficient (Wildman–Crippen LogP) is 3.22. The first kappa shape index (κ1) is 17.0. The molecule has 2 aromatic heterocycles. The number of ether oxygens (including phenoxy) is 1. The van der Waals surface area contributed by atoms with Crippen LogP contribution in [0.4, 0.5) is 0 Å². The SMILES string of the molecule is CC(c1nc(C2CCOCC2)nn1CCc1ccccc1)n1ccnc1. The van der Waals surface area contributed by atoms with Crippen molar-refractivity contribution in [2.24, 2.45) is 0 Å². The number of imidazole rings is 1. The molecule has 6 nitrogen and oxygen atoms in total. The first-order valence-electron chi connectivity index (χ1n) is 9.35. The van der Waals surface area contributed by atoms with Gasteiger partial charge in [-0.1, -0.05) is 30.3 Å². The van der Waals surface area contributed by atoms with Gasteiger partial charge < -0.3 is 9.30 Å². The maximum atomic E-state index is 5.50. The fraction of sp³-hybridized carbons (Fsp3) is 0.450. The van der Waals surface area contributed by atoms with Crippen LogP contribution in [0.1, 0.15) is 48.9 Å². The molecule has 1 aromatic carbocycles. The normalized spacial score (nSPS) is 16.7. The van der Waals surface area contributed by atoms with Crippen molar-refractivity contribution < 1.29 is 4.74 Å². The van der Waals surface area contributed by atoms with Crippen LogP contribution >= 0.6 is 0 Å². The van der Waals surface area contributed by atoms with Gasteiger partial charge in [0.25, 0.3) is 0 Å². The lowest BCUT2D eigenvalue weighted by Crippen LogP contribution is -2.15. The van der Waals surface area contributed by atoms with E-state index in [1.807, 2.05) is 12.5 Å². The van der Waals surface area contributed by atoms with Crippen LogP contribution in [-0.4, -0.2) is 37.5 Å². The zero-order valence-corrected chi connectivity index (χ0v) is 15.2. The average Bonchev–Trinajstić information content (AvgIpc) is 3.38. The maximum absolute atomic E-state index is 5.50. The van der Waals surface area contributed by atoms with Crippen LogP contribution in [0, 0.1) is 0 Å². The Bertz CT molecular complexity index is 806. The molecule has 1 fully saturated rings. The molecule has 0 spiro atoms. The fourth-order valence-corrected chi connectivity index (χ4v) is 3.49. The third-order valence-corrected chi connectivity index (χ3v) is 5.10. The number of aromatic nitrogens is 5. The molecule has 3 aromatic rings. The Morgan fingerprint density at radius 2 is 2.00 bits per heavy atom. The molecule has 3 heterocycles. The van der Waals surface area contributed by atoms with E-state index in [-0.39, 0.29) is 6.04 Å². The molecule has 1 unspecified atom stereocenters. The van der Waals surface area contributed by atoms with Crippen molar-refractivity contribution in [1.29, 1.82) is 0 Å². The van der Waals surface area contributed by atoms with Gasteiger partial charge in [0.05, 0.1) is 12.4 Å². The topological polar surface area (TPSA) is 57.8 Å². The standard InChI is InChI=1S/C20H25N5O/c1-16(24-12-10-21-15-24)20-22-19(18-8-13-26-14-9-18)23-25(20)11-7-17-5-3-2-4-6-17/h2-6,10,12,15-16,18H,7-9,11,13-14H2,1H3. The summed E-state index contributed by atoms with van der Waals surface area (Å²) in [6.07, 6.45) is 8.58. The lowest BCUT2D eigenvalue weighted by atomic mass is 10.00. The number of hydrogen-bond acceptors (Lipinski definition) is 4. The average molecular weight is 351 g/mol. The van der Waals surface area contributed by atoms with Crippen molar-refractivity contribution in [3.63, 3.8) is 0 Å². The summed E-state index contributed by atoms with van der Waals surface area (Å²) < 4.78 is 9.66. The van der Waals surface area contributed by atoms with Crippen molar-refractivity contribution in [3.8, 4) is 0 Å². The van der Waals surface area contributed by atoms with Crippen LogP contribution in [0.3, 0.4) is 0 Å². The summed E-state index contributed by atoms with van der Waals surface area (Å²) in [5.74, 6) is 2.36. The van der Waals surface area contributed by atoms with Gasteiger partial charge in [0.2, 0.25) is 0 Å². The van der Waals surface area contributed by atoms with Crippen molar-refractivity contribution in [1.82, 2.24) is 24.3 Å². The molecule has 1 aliphatic heterocycles. The van der Waals surface area contributed by atoms with Crippen LogP contribution in [0.15, 0.2) is 49.1 Å². The second-order valence-corrected chi connectivity index (χ2v) is 6.86. The number of aryl methyl sites for hydroxylation is 2. The van der Waals surface area contributed by atoms with Gasteiger partial charge in [0.1, 0.15) is 5.82 Å². The Hall–Kier alpha value is -2.47. The molecule has 0 N–H and O–H groups in total. The molecule has 1 saturated heterocycles. The van der Waals surface area contributed by atoms with Crippen LogP contribution < -0.4 is 0 Å². The minimum Gasteiger partial charge on any atom is -0.381 e. The van der Waals surface area contributed by atoms with E-state index in [0.29, 0.717) is 5.92 Å². The Morgan fingerprint density at radius 1 is 1.19 bits per heavy atom. The third kappa shape index (κ3) is 3.70. The number of benzene rings is 1. The van der Waals surface area contributed by atoms with Gasteiger partial charge in [0, 0.05) is 38.1 Å². The highest BCUT2D eigenvalue weighted by Crippen LogP contribution is 2.26. The first-order valence-corrected chi connectivity index (χ1v) is 9.35. The lowest BCUT2D eigenvalue weighted by Gasteiger charge is -2.18. The Labute approximate surface area is 153 Å². The van der Waals surface area contributed by atoms with E-state index < -0.39 is 0 Å². The summed E-state index contributed by atoms with van der Waals surface area (Å²) >= 11 is 0. The molecule has 0 bridgehead atoms. The summed E-state index contributed by atoms with van der Waals surface area (Å²) in [5.41, 5.74) is 1.32. The second kappa shape index (κ2) is 7.83. The molecular weight excluding hydrogens is 326 g/mol. The van der Waals surface area contributed by atoms with E-state index in [9.17, 15) is 0 Å². The van der Waals surface area contributed by atoms with E-state index in [1.165, 1.54) is 5.56 Å². The summed E-state index contributed by atoms with van der Waals surface area (Å²) in [6, 6.07) is 10.6. The molecule has 1 aliphatic rings. The molecule has 1 atom stereocenters. The minimum absolute atomic E-state index is 0.106. The highest BCUT2D eigenvalue weighted by molar-refractivity contribution is 5.15. The van der Waals surface area contributed by atoms with Gasteiger partial charge >= 0.3 is 0 Å². The summed E-state index contributed by atoms with van der Waals surface area (Å²) in [5, 5.41) is 4.90. The quantitative estimate of drug-likeness (QED) is 0.684. The van der Waals surface area contributed by atoms with Crippen molar-refractivity contribution in [3.05, 3.63) is 66.3 Å². The molecule has 4 rings (SSSR count). The molecule has 0 amide bonds. The fourth-order valence-electron chi connectivity index (χ4n) is 3.49. The smallest absolute Gasteiger partial charge is 0.154 e. The monoisotopic (exact) mass is 351 g/mol. The van der Waals surface area contributed by atoms with Crippen LogP contribution in [0.25, 0.3) is 0 Å². The largest absolute Gasteiger partial charge is 0.381 e. The van der Waals surface area contributed by atoms with Crippen molar-refractivity contribution >= 4 is 0 Å². The van der Waals surface area contributed by atoms with E-state index in [2.05, 4.69) is 51.5 Å². The van der Waals surface area contributed by atoms with Gasteiger partial charge in [-0.2, -0.15) is 5.10 Å². The minimum atomic E-state index is 0.106. The summed E-state index contributed by atoms with van der Waals surface area (Å²) in [6.45, 7) is 4.58. The van der Waals surface area contributed by atoms with E-state index in [0.717, 1.165) is 50.7 Å². The third-order valence-electron chi connectivity index (χ3n) is 5.10. The Balaban J connectivity index is 1.60. The van der Waals surface area contributed by atoms with Gasteiger partial charge in [-0.3, -0.25) is 0 Å². The molecule has 0 radical (unpaired) electrons. The van der Waals surface area contributed by atoms with Gasteiger partial charge in [-0.05, 0) is 31.7 Å². The van der Waals surface area contributed by atoms with Crippen LogP contribution in [0.5, 0.6) is 0 Å². The van der Waals surface area contributed by atoms with E-state index >= 15 is 0 Å². The second-order valence-electron chi connectivity index (χ2n) is 6.86. The maximum Gasteiger partial charge on any atom is 0.154 e. The van der Waals surface area contributed by atoms with Crippen molar-refractivity contribution in [2.45, 2.75) is 44.7 Å². The summed E-state index contributed by atoms with van der Waals surface area (Å²) in [4.78, 5) is 9.13. The molecule has 26 heavy (non-hydrogen) atoms. The Kier molecular flexibility index (Phi) is 5.11. The number of rotatable bonds is 6. The Morgan fingerprint density at radius 3 is 2.73 bits per heavy atom. The highest BCUT2D eigenvalue weighted by atomic mass is 16.5. The zero-order chi connectivity index (χ0) is 17.8. The molecule has 6 heteroatoms. The molecular formula is C20H25N5O. The molecule has 0 aliphatic carbocycles. The zero-order valence-electron chi connectivity index (χ0n) is 15.2. The van der Waals surface area contributed by atoms with Gasteiger partial charge in [0.15, 0.2) is 5.82 Å². The molecule has 0 saturated carbocycles. The highest BCUT2D eigenvalue weighted by Gasteiger charge is 2.24. The summed E-state index contributed by atoms with van der Waals surface area (Å²) in [7, 11) is 0. The van der Waals surface area contributed by atoms with Gasteiger partial charge in [-0.25, -0.2) is 14.6 Å². The van der Waals surface area contributed by atoms with Crippen LogP contribution in [-0.2, 0) is 17.7 Å². The van der Waals surface area contributed by atoms with Crippen molar-refractivity contribution in [2.75, 3.05) is 13.2 Å².